The molecule has 156 valence electrons. The summed E-state index contributed by atoms with van der Waals surface area (Å²) in [5.74, 6) is 2.15. The van der Waals surface area contributed by atoms with Gasteiger partial charge in [-0.25, -0.2) is 4.98 Å². The zero-order valence-electron chi connectivity index (χ0n) is 17.6. The largest absolute Gasteiger partial charge is 0.491 e. The second-order valence-electron chi connectivity index (χ2n) is 7.63. The third kappa shape index (κ3) is 5.59. The standard InChI is InChI=1S/C22H30N4O3/c1-15(2)29-19-7-5-17(6-8-19)16(3)24-21(27)18-10-13-26(14-11-18)22-23-12-9-20(25-22)28-4/h5-9,12,15-16,18H,10-11,13-14H2,1-4H3,(H,24,27). The van der Waals surface area contributed by atoms with Crippen molar-refractivity contribution in [3.05, 3.63) is 42.1 Å². The van der Waals surface area contributed by atoms with Crippen LogP contribution in [0.5, 0.6) is 11.6 Å². The number of aromatic nitrogens is 2. The number of carbonyl (C=O) groups is 1. The summed E-state index contributed by atoms with van der Waals surface area (Å²) in [5.41, 5.74) is 1.07. The molecule has 3 rings (SSSR count). The molecular formula is C22H30N4O3. The maximum atomic E-state index is 12.7. The van der Waals surface area contributed by atoms with Gasteiger partial charge in [0.15, 0.2) is 0 Å². The number of hydrogen-bond acceptors (Lipinski definition) is 6. The Balaban J connectivity index is 1.51. The van der Waals surface area contributed by atoms with Crippen molar-refractivity contribution >= 4 is 11.9 Å². The van der Waals surface area contributed by atoms with Gasteiger partial charge in [-0.1, -0.05) is 12.1 Å². The maximum absolute atomic E-state index is 12.7. The predicted octanol–water partition coefficient (Wildman–Crippen LogP) is 3.37. The molecule has 1 aromatic heterocycles. The van der Waals surface area contributed by atoms with Gasteiger partial charge in [0.2, 0.25) is 17.7 Å². The number of nitrogens with zero attached hydrogens (tertiary/aromatic N) is 3. The molecule has 2 heterocycles. The van der Waals surface area contributed by atoms with Crippen molar-refractivity contribution in [1.29, 1.82) is 0 Å². The molecule has 0 saturated carbocycles. The minimum absolute atomic E-state index is 0.00264. The van der Waals surface area contributed by atoms with Gasteiger partial charge < -0.3 is 19.7 Å². The Morgan fingerprint density at radius 3 is 2.45 bits per heavy atom. The third-order valence-corrected chi connectivity index (χ3v) is 5.09. The zero-order valence-corrected chi connectivity index (χ0v) is 17.6. The average Bonchev–Trinajstić information content (AvgIpc) is 2.74. The Morgan fingerprint density at radius 2 is 1.83 bits per heavy atom. The quantitative estimate of drug-likeness (QED) is 0.771. The van der Waals surface area contributed by atoms with Crippen LogP contribution in [0.25, 0.3) is 0 Å². The Kier molecular flexibility index (Phi) is 6.90. The monoisotopic (exact) mass is 398 g/mol. The number of rotatable bonds is 7. The summed E-state index contributed by atoms with van der Waals surface area (Å²) in [6.07, 6.45) is 3.39. The molecule has 1 aromatic carbocycles. The number of ether oxygens (including phenoxy) is 2. The van der Waals surface area contributed by atoms with Crippen LogP contribution in [-0.2, 0) is 4.79 Å². The van der Waals surface area contributed by atoms with Crippen molar-refractivity contribution in [2.45, 2.75) is 45.8 Å². The minimum atomic E-state index is -0.0460. The van der Waals surface area contributed by atoms with Crippen molar-refractivity contribution in [1.82, 2.24) is 15.3 Å². The van der Waals surface area contributed by atoms with Gasteiger partial charge in [0.05, 0.1) is 19.3 Å². The summed E-state index contributed by atoms with van der Waals surface area (Å²) in [4.78, 5) is 23.5. The summed E-state index contributed by atoms with van der Waals surface area (Å²) >= 11 is 0. The molecule has 7 heteroatoms. The fraction of sp³-hybridized carbons (Fsp3) is 0.500. The highest BCUT2D eigenvalue weighted by atomic mass is 16.5. The molecule has 1 fully saturated rings. The molecule has 7 nitrogen and oxygen atoms in total. The lowest BCUT2D eigenvalue weighted by Crippen LogP contribution is -2.41. The number of piperidine rings is 1. The van der Waals surface area contributed by atoms with E-state index in [2.05, 4.69) is 20.2 Å². The molecule has 1 aliphatic rings. The fourth-order valence-electron chi connectivity index (χ4n) is 3.46. The van der Waals surface area contributed by atoms with Crippen LogP contribution in [0.2, 0.25) is 0 Å². The van der Waals surface area contributed by atoms with Crippen LogP contribution in [0.15, 0.2) is 36.5 Å². The summed E-state index contributed by atoms with van der Waals surface area (Å²) in [6, 6.07) is 9.59. The molecule has 1 amide bonds. The number of nitrogens with one attached hydrogen (secondary N) is 1. The number of hydrogen-bond donors (Lipinski definition) is 1. The van der Waals surface area contributed by atoms with E-state index in [0.717, 1.165) is 37.2 Å². The lowest BCUT2D eigenvalue weighted by Gasteiger charge is -2.32. The Hall–Kier alpha value is -2.83. The second kappa shape index (κ2) is 9.58. The van der Waals surface area contributed by atoms with E-state index in [1.54, 1.807) is 19.4 Å². The highest BCUT2D eigenvalue weighted by Crippen LogP contribution is 2.24. The normalized spacial score (nSPS) is 15.8. The Morgan fingerprint density at radius 1 is 1.14 bits per heavy atom. The number of amides is 1. The maximum Gasteiger partial charge on any atom is 0.228 e. The topological polar surface area (TPSA) is 76.6 Å². The van der Waals surface area contributed by atoms with E-state index in [-0.39, 0.29) is 24.0 Å². The fourth-order valence-corrected chi connectivity index (χ4v) is 3.46. The third-order valence-electron chi connectivity index (χ3n) is 5.09. The van der Waals surface area contributed by atoms with Crippen LogP contribution >= 0.6 is 0 Å². The highest BCUT2D eigenvalue weighted by molar-refractivity contribution is 5.79. The molecule has 2 aromatic rings. The highest BCUT2D eigenvalue weighted by Gasteiger charge is 2.27. The van der Waals surface area contributed by atoms with Crippen LogP contribution in [-0.4, -0.2) is 42.2 Å². The van der Waals surface area contributed by atoms with Crippen molar-refractivity contribution < 1.29 is 14.3 Å². The summed E-state index contributed by atoms with van der Waals surface area (Å²) < 4.78 is 10.8. The first-order valence-corrected chi connectivity index (χ1v) is 10.1. The van der Waals surface area contributed by atoms with Crippen LogP contribution < -0.4 is 19.7 Å². The average molecular weight is 399 g/mol. The van der Waals surface area contributed by atoms with Gasteiger partial charge >= 0.3 is 0 Å². The van der Waals surface area contributed by atoms with Crippen molar-refractivity contribution in [2.75, 3.05) is 25.1 Å². The van der Waals surface area contributed by atoms with Crippen LogP contribution in [0.3, 0.4) is 0 Å². The summed E-state index contributed by atoms with van der Waals surface area (Å²) in [7, 11) is 1.59. The molecule has 29 heavy (non-hydrogen) atoms. The van der Waals surface area contributed by atoms with E-state index in [1.807, 2.05) is 45.0 Å². The van der Waals surface area contributed by atoms with Crippen molar-refractivity contribution in [2.24, 2.45) is 5.92 Å². The smallest absolute Gasteiger partial charge is 0.228 e. The molecule has 1 aliphatic heterocycles. The first-order chi connectivity index (χ1) is 14.0. The summed E-state index contributed by atoms with van der Waals surface area (Å²) in [6.45, 7) is 7.52. The first kappa shape index (κ1) is 20.9. The lowest BCUT2D eigenvalue weighted by molar-refractivity contribution is -0.126. The van der Waals surface area contributed by atoms with Gasteiger partial charge in [0.1, 0.15) is 5.75 Å². The molecule has 1 unspecified atom stereocenters. The number of carbonyl (C=O) groups excluding carboxylic acids is 1. The van der Waals surface area contributed by atoms with Crippen LogP contribution in [0.1, 0.15) is 45.2 Å². The molecule has 1 saturated heterocycles. The number of methoxy groups -OCH3 is 1. The minimum Gasteiger partial charge on any atom is -0.491 e. The van der Waals surface area contributed by atoms with Crippen LogP contribution in [0, 0.1) is 5.92 Å². The molecule has 0 radical (unpaired) electrons. The second-order valence-corrected chi connectivity index (χ2v) is 7.63. The van der Waals surface area contributed by atoms with E-state index in [0.29, 0.717) is 11.8 Å². The van der Waals surface area contributed by atoms with Gasteiger partial charge in [-0.05, 0) is 51.3 Å². The van der Waals surface area contributed by atoms with Gasteiger partial charge in [-0.3, -0.25) is 4.79 Å². The van der Waals surface area contributed by atoms with Crippen LogP contribution in [0.4, 0.5) is 5.95 Å². The van der Waals surface area contributed by atoms with E-state index >= 15 is 0 Å². The Labute approximate surface area is 172 Å². The number of anilines is 1. The zero-order chi connectivity index (χ0) is 20.8. The van der Waals surface area contributed by atoms with E-state index in [1.165, 1.54) is 0 Å². The van der Waals surface area contributed by atoms with Gasteiger partial charge in [-0.15, -0.1) is 0 Å². The van der Waals surface area contributed by atoms with Gasteiger partial charge in [0.25, 0.3) is 0 Å². The Bertz CT molecular complexity index is 802. The number of benzene rings is 1. The molecule has 0 aliphatic carbocycles. The van der Waals surface area contributed by atoms with E-state index < -0.39 is 0 Å². The van der Waals surface area contributed by atoms with E-state index in [4.69, 9.17) is 9.47 Å². The molecule has 1 N–H and O–H groups in total. The van der Waals surface area contributed by atoms with Crippen molar-refractivity contribution in [3.63, 3.8) is 0 Å². The van der Waals surface area contributed by atoms with E-state index in [9.17, 15) is 4.79 Å². The summed E-state index contributed by atoms with van der Waals surface area (Å²) in [5, 5.41) is 3.15. The molecular weight excluding hydrogens is 368 g/mol. The lowest BCUT2D eigenvalue weighted by atomic mass is 9.95. The molecule has 1 atom stereocenters. The van der Waals surface area contributed by atoms with Crippen molar-refractivity contribution in [3.8, 4) is 11.6 Å². The SMILES string of the molecule is COc1ccnc(N2CCC(C(=O)NC(C)c3ccc(OC(C)C)cc3)CC2)n1. The molecule has 0 spiro atoms. The van der Waals surface area contributed by atoms with Gasteiger partial charge in [0, 0.05) is 31.3 Å². The van der Waals surface area contributed by atoms with Gasteiger partial charge in [-0.2, -0.15) is 4.98 Å². The predicted molar refractivity (Wildman–Crippen MR) is 112 cm³/mol. The first-order valence-electron chi connectivity index (χ1n) is 10.1. The molecule has 0 bridgehead atoms.